The van der Waals surface area contributed by atoms with Crippen LogP contribution in [0.3, 0.4) is 0 Å². The topological polar surface area (TPSA) is 12.0 Å². The second-order valence-corrected chi connectivity index (χ2v) is 5.41. The summed E-state index contributed by atoms with van der Waals surface area (Å²) in [5.41, 5.74) is 1.29. The van der Waals surface area contributed by atoms with Gasteiger partial charge in [-0.1, -0.05) is 49.6 Å². The Kier molecular flexibility index (Phi) is 4.87. The lowest BCUT2D eigenvalue weighted by Gasteiger charge is -2.26. The van der Waals surface area contributed by atoms with E-state index in [1.807, 2.05) is 12.1 Å². The first-order chi connectivity index (χ1) is 8.33. The predicted octanol–water partition coefficient (Wildman–Crippen LogP) is 4.57. The van der Waals surface area contributed by atoms with Crippen molar-refractivity contribution < 1.29 is 0 Å². The van der Waals surface area contributed by atoms with E-state index in [1.54, 1.807) is 0 Å². The second kappa shape index (κ2) is 6.42. The molecule has 0 aliphatic heterocycles. The molecular formula is C15H22ClN. The molecule has 2 heteroatoms. The summed E-state index contributed by atoms with van der Waals surface area (Å²) in [5, 5.41) is 4.59. The van der Waals surface area contributed by atoms with E-state index in [0.717, 1.165) is 17.5 Å². The van der Waals surface area contributed by atoms with Gasteiger partial charge >= 0.3 is 0 Å². The zero-order valence-corrected chi connectivity index (χ0v) is 11.3. The van der Waals surface area contributed by atoms with Gasteiger partial charge in [0, 0.05) is 11.1 Å². The maximum Gasteiger partial charge on any atom is 0.0453 e. The molecule has 94 valence electrons. The van der Waals surface area contributed by atoms with E-state index in [4.69, 9.17) is 11.6 Å². The molecule has 0 aromatic heterocycles. The van der Waals surface area contributed by atoms with E-state index in [9.17, 15) is 0 Å². The van der Waals surface area contributed by atoms with Crippen LogP contribution in [-0.2, 0) is 0 Å². The van der Waals surface area contributed by atoms with Gasteiger partial charge in [-0.2, -0.15) is 0 Å². The number of hydrogen-bond acceptors (Lipinski definition) is 1. The molecule has 0 bridgehead atoms. The molecule has 2 rings (SSSR count). The molecule has 1 nitrogen and oxygen atoms in total. The Labute approximate surface area is 110 Å². The molecule has 1 aromatic rings. The Balaban J connectivity index is 2.16. The van der Waals surface area contributed by atoms with Crippen molar-refractivity contribution in [2.75, 3.05) is 6.54 Å². The van der Waals surface area contributed by atoms with Gasteiger partial charge in [0.1, 0.15) is 0 Å². The Morgan fingerprint density at radius 3 is 2.65 bits per heavy atom. The first-order valence-corrected chi connectivity index (χ1v) is 7.18. The number of nitrogens with one attached hydrogen (secondary N) is 1. The smallest absolute Gasteiger partial charge is 0.0453 e. The average Bonchev–Trinajstić information content (AvgIpc) is 2.85. The minimum atomic E-state index is 0.450. The lowest BCUT2D eigenvalue weighted by molar-refractivity contribution is 0.368. The molecule has 1 aliphatic carbocycles. The quantitative estimate of drug-likeness (QED) is 0.808. The highest BCUT2D eigenvalue weighted by Gasteiger charge is 2.26. The van der Waals surface area contributed by atoms with Gasteiger partial charge < -0.3 is 5.32 Å². The number of hydrogen-bond donors (Lipinski definition) is 1. The third-order valence-corrected chi connectivity index (χ3v) is 4.07. The Morgan fingerprint density at radius 2 is 2.00 bits per heavy atom. The molecule has 0 heterocycles. The molecule has 1 unspecified atom stereocenters. The standard InChI is InChI=1S/C15H22ClN/c1-2-11-17-15(12-7-3-4-8-12)13-9-5-6-10-14(13)16/h5-6,9-10,12,15,17H,2-4,7-8,11H2,1H3. The SMILES string of the molecule is CCCNC(c1ccccc1Cl)C1CCCC1. The largest absolute Gasteiger partial charge is 0.310 e. The van der Waals surface area contributed by atoms with E-state index >= 15 is 0 Å². The van der Waals surface area contributed by atoms with E-state index < -0.39 is 0 Å². The van der Waals surface area contributed by atoms with Crippen molar-refractivity contribution in [2.24, 2.45) is 5.92 Å². The number of benzene rings is 1. The number of halogens is 1. The Hall–Kier alpha value is -0.530. The fourth-order valence-electron chi connectivity index (χ4n) is 2.85. The van der Waals surface area contributed by atoms with Crippen LogP contribution >= 0.6 is 11.6 Å². The highest BCUT2D eigenvalue weighted by molar-refractivity contribution is 6.31. The van der Waals surface area contributed by atoms with Crippen LogP contribution in [0.25, 0.3) is 0 Å². The van der Waals surface area contributed by atoms with Gasteiger partial charge in [0.25, 0.3) is 0 Å². The van der Waals surface area contributed by atoms with Crippen LogP contribution in [0.5, 0.6) is 0 Å². The lowest BCUT2D eigenvalue weighted by Crippen LogP contribution is -2.28. The van der Waals surface area contributed by atoms with Crippen LogP contribution in [0.4, 0.5) is 0 Å². The Morgan fingerprint density at radius 1 is 1.29 bits per heavy atom. The summed E-state index contributed by atoms with van der Waals surface area (Å²) in [7, 11) is 0. The molecule has 0 spiro atoms. The van der Waals surface area contributed by atoms with Crippen molar-refractivity contribution in [3.8, 4) is 0 Å². The summed E-state index contributed by atoms with van der Waals surface area (Å²) in [4.78, 5) is 0. The van der Waals surface area contributed by atoms with Crippen molar-refractivity contribution in [3.05, 3.63) is 34.9 Å². The lowest BCUT2D eigenvalue weighted by atomic mass is 9.91. The molecule has 0 saturated heterocycles. The maximum absolute atomic E-state index is 6.34. The first-order valence-electron chi connectivity index (χ1n) is 6.80. The van der Waals surface area contributed by atoms with Gasteiger partial charge in [-0.25, -0.2) is 0 Å². The van der Waals surface area contributed by atoms with Crippen molar-refractivity contribution in [1.29, 1.82) is 0 Å². The summed E-state index contributed by atoms with van der Waals surface area (Å²) in [5.74, 6) is 0.765. The zero-order chi connectivity index (χ0) is 12.1. The van der Waals surface area contributed by atoms with E-state index in [1.165, 1.54) is 37.7 Å². The average molecular weight is 252 g/mol. The highest BCUT2D eigenvalue weighted by Crippen LogP contribution is 2.37. The summed E-state index contributed by atoms with van der Waals surface area (Å²) in [6.07, 6.45) is 6.60. The fraction of sp³-hybridized carbons (Fsp3) is 0.600. The van der Waals surface area contributed by atoms with Crippen LogP contribution in [0.1, 0.15) is 50.6 Å². The van der Waals surface area contributed by atoms with Gasteiger partial charge in [-0.3, -0.25) is 0 Å². The van der Waals surface area contributed by atoms with Gasteiger partial charge in [0.15, 0.2) is 0 Å². The minimum Gasteiger partial charge on any atom is -0.310 e. The fourth-order valence-corrected chi connectivity index (χ4v) is 3.10. The molecule has 1 saturated carbocycles. The molecule has 1 aromatic carbocycles. The van der Waals surface area contributed by atoms with Crippen molar-refractivity contribution in [3.63, 3.8) is 0 Å². The van der Waals surface area contributed by atoms with Gasteiger partial charge in [-0.15, -0.1) is 0 Å². The van der Waals surface area contributed by atoms with Crippen molar-refractivity contribution in [1.82, 2.24) is 5.32 Å². The molecule has 17 heavy (non-hydrogen) atoms. The number of rotatable bonds is 5. The van der Waals surface area contributed by atoms with Gasteiger partial charge in [0.05, 0.1) is 0 Å². The summed E-state index contributed by atoms with van der Waals surface area (Å²) >= 11 is 6.34. The molecule has 1 fully saturated rings. The predicted molar refractivity (Wildman–Crippen MR) is 74.4 cm³/mol. The first kappa shape index (κ1) is 12.9. The third kappa shape index (κ3) is 3.23. The van der Waals surface area contributed by atoms with Crippen LogP contribution in [0, 0.1) is 5.92 Å². The molecule has 1 atom stereocenters. The summed E-state index contributed by atoms with van der Waals surface area (Å²) in [6, 6.07) is 8.74. The zero-order valence-electron chi connectivity index (χ0n) is 10.6. The minimum absolute atomic E-state index is 0.450. The van der Waals surface area contributed by atoms with Gasteiger partial charge in [-0.05, 0) is 43.4 Å². The van der Waals surface area contributed by atoms with Crippen LogP contribution in [-0.4, -0.2) is 6.54 Å². The van der Waals surface area contributed by atoms with E-state index in [0.29, 0.717) is 6.04 Å². The molecule has 0 radical (unpaired) electrons. The van der Waals surface area contributed by atoms with Crippen molar-refractivity contribution in [2.45, 2.75) is 45.1 Å². The highest BCUT2D eigenvalue weighted by atomic mass is 35.5. The summed E-state index contributed by atoms with van der Waals surface area (Å²) < 4.78 is 0. The van der Waals surface area contributed by atoms with Gasteiger partial charge in [0.2, 0.25) is 0 Å². The van der Waals surface area contributed by atoms with Crippen molar-refractivity contribution >= 4 is 11.6 Å². The van der Waals surface area contributed by atoms with Crippen LogP contribution in [0.2, 0.25) is 5.02 Å². The Bertz CT molecular complexity index is 345. The second-order valence-electron chi connectivity index (χ2n) is 5.00. The normalized spacial score (nSPS) is 18.5. The molecule has 1 N–H and O–H groups in total. The summed E-state index contributed by atoms with van der Waals surface area (Å²) in [6.45, 7) is 3.29. The monoisotopic (exact) mass is 251 g/mol. The van der Waals surface area contributed by atoms with Crippen LogP contribution in [0.15, 0.2) is 24.3 Å². The molecule has 1 aliphatic rings. The van der Waals surface area contributed by atoms with E-state index in [-0.39, 0.29) is 0 Å². The molecule has 0 amide bonds. The van der Waals surface area contributed by atoms with E-state index in [2.05, 4.69) is 24.4 Å². The maximum atomic E-state index is 6.34. The molecular weight excluding hydrogens is 230 g/mol. The van der Waals surface area contributed by atoms with Crippen LogP contribution < -0.4 is 5.32 Å². The third-order valence-electron chi connectivity index (χ3n) is 3.73.